The molecule has 0 unspecified atom stereocenters. The standard InChI is InChI=1S/C11H8F3NO4/c1-2-18-10(17)8-7(16)6-5(11(12,13)14)3-4-15-9(6)19-8/h3-4,16H,2H2,1H3. The van der Waals surface area contributed by atoms with Crippen molar-refractivity contribution in [1.29, 1.82) is 0 Å². The summed E-state index contributed by atoms with van der Waals surface area (Å²) >= 11 is 0. The molecule has 1 N–H and O–H groups in total. The van der Waals surface area contributed by atoms with Gasteiger partial charge in [-0.05, 0) is 13.0 Å². The molecule has 102 valence electrons. The average Bonchev–Trinajstić information content (AvgIpc) is 2.66. The van der Waals surface area contributed by atoms with Crippen LogP contribution in [0.2, 0.25) is 0 Å². The highest BCUT2D eigenvalue weighted by Gasteiger charge is 2.36. The third-order valence-electron chi connectivity index (χ3n) is 2.33. The van der Waals surface area contributed by atoms with Gasteiger partial charge in [-0.2, -0.15) is 13.2 Å². The third-order valence-corrected chi connectivity index (χ3v) is 2.33. The molecule has 0 saturated heterocycles. The molecule has 2 aromatic rings. The first-order chi connectivity index (χ1) is 8.86. The number of alkyl halides is 3. The Labute approximate surface area is 104 Å². The van der Waals surface area contributed by atoms with E-state index in [1.54, 1.807) is 0 Å². The van der Waals surface area contributed by atoms with Crippen molar-refractivity contribution in [3.63, 3.8) is 0 Å². The molecule has 2 rings (SSSR count). The molecule has 2 aromatic heterocycles. The number of halogens is 3. The zero-order valence-electron chi connectivity index (χ0n) is 9.61. The van der Waals surface area contributed by atoms with Gasteiger partial charge in [0.1, 0.15) is 0 Å². The summed E-state index contributed by atoms with van der Waals surface area (Å²) in [5.74, 6) is -2.67. The number of carbonyl (C=O) groups is 1. The van der Waals surface area contributed by atoms with Crippen LogP contribution < -0.4 is 0 Å². The highest BCUT2D eigenvalue weighted by atomic mass is 19.4. The molecule has 0 bridgehead atoms. The van der Waals surface area contributed by atoms with E-state index in [4.69, 9.17) is 4.42 Å². The molecule has 5 nitrogen and oxygen atoms in total. The summed E-state index contributed by atoms with van der Waals surface area (Å²) in [7, 11) is 0. The Hall–Kier alpha value is -2.25. The minimum Gasteiger partial charge on any atom is -0.503 e. The molecule has 0 radical (unpaired) electrons. The fourth-order valence-corrected chi connectivity index (χ4v) is 1.58. The van der Waals surface area contributed by atoms with E-state index in [-0.39, 0.29) is 6.61 Å². The number of fused-ring (bicyclic) bond motifs is 1. The van der Waals surface area contributed by atoms with Gasteiger partial charge in [-0.3, -0.25) is 0 Å². The predicted octanol–water partition coefficient (Wildman–Crippen LogP) is 2.73. The van der Waals surface area contributed by atoms with Crippen molar-refractivity contribution >= 4 is 17.1 Å². The third kappa shape index (κ3) is 2.20. The van der Waals surface area contributed by atoms with Gasteiger partial charge in [-0.15, -0.1) is 0 Å². The zero-order valence-corrected chi connectivity index (χ0v) is 9.61. The van der Waals surface area contributed by atoms with E-state index in [0.717, 1.165) is 6.20 Å². The molecule has 19 heavy (non-hydrogen) atoms. The number of carbonyl (C=O) groups excluding carboxylic acids is 1. The predicted molar refractivity (Wildman–Crippen MR) is 56.6 cm³/mol. The Balaban J connectivity index is 2.68. The molecule has 0 atom stereocenters. The summed E-state index contributed by atoms with van der Waals surface area (Å²) in [4.78, 5) is 15.0. The van der Waals surface area contributed by atoms with Gasteiger partial charge in [0.2, 0.25) is 5.71 Å². The van der Waals surface area contributed by atoms with Crippen LogP contribution in [-0.4, -0.2) is 22.7 Å². The van der Waals surface area contributed by atoms with Crippen molar-refractivity contribution in [2.45, 2.75) is 13.1 Å². The maximum Gasteiger partial charge on any atom is 0.417 e. The highest BCUT2D eigenvalue weighted by molar-refractivity contribution is 5.98. The van der Waals surface area contributed by atoms with Crippen LogP contribution in [0.25, 0.3) is 11.1 Å². The number of aromatic nitrogens is 1. The first-order valence-electron chi connectivity index (χ1n) is 5.21. The molecule has 0 saturated carbocycles. The second-order valence-corrected chi connectivity index (χ2v) is 3.54. The van der Waals surface area contributed by atoms with Gasteiger partial charge >= 0.3 is 12.1 Å². The lowest BCUT2D eigenvalue weighted by Crippen LogP contribution is -2.06. The van der Waals surface area contributed by atoms with E-state index in [9.17, 15) is 23.1 Å². The minimum atomic E-state index is -4.70. The molecule has 8 heteroatoms. The lowest BCUT2D eigenvalue weighted by Gasteiger charge is -2.06. The van der Waals surface area contributed by atoms with Gasteiger partial charge in [0, 0.05) is 6.20 Å². The quantitative estimate of drug-likeness (QED) is 0.853. The zero-order chi connectivity index (χ0) is 14.2. The number of esters is 1. The van der Waals surface area contributed by atoms with Crippen LogP contribution in [0.3, 0.4) is 0 Å². The molecule has 0 spiro atoms. The van der Waals surface area contributed by atoms with Gasteiger partial charge in [0.15, 0.2) is 5.75 Å². The smallest absolute Gasteiger partial charge is 0.417 e. The lowest BCUT2D eigenvalue weighted by atomic mass is 10.1. The summed E-state index contributed by atoms with van der Waals surface area (Å²) in [6.45, 7) is 1.51. The lowest BCUT2D eigenvalue weighted by molar-refractivity contribution is -0.136. The van der Waals surface area contributed by atoms with Gasteiger partial charge in [0.25, 0.3) is 5.76 Å². The first kappa shape index (κ1) is 13.2. The van der Waals surface area contributed by atoms with Crippen LogP contribution in [0, 0.1) is 0 Å². The van der Waals surface area contributed by atoms with Crippen molar-refractivity contribution in [2.75, 3.05) is 6.61 Å². The number of ether oxygens (including phenoxy) is 1. The summed E-state index contributed by atoms with van der Waals surface area (Å²) in [6, 6.07) is 0.687. The van der Waals surface area contributed by atoms with Gasteiger partial charge in [-0.1, -0.05) is 0 Å². The van der Waals surface area contributed by atoms with E-state index in [2.05, 4.69) is 9.72 Å². The largest absolute Gasteiger partial charge is 0.503 e. The molecular formula is C11H8F3NO4. The van der Waals surface area contributed by atoms with E-state index in [1.807, 2.05) is 0 Å². The van der Waals surface area contributed by atoms with E-state index < -0.39 is 40.3 Å². The second kappa shape index (κ2) is 4.45. The molecular weight excluding hydrogens is 267 g/mol. The summed E-state index contributed by atoms with van der Waals surface area (Å²) in [5, 5.41) is 9.04. The summed E-state index contributed by atoms with van der Waals surface area (Å²) in [5.41, 5.74) is -1.61. The van der Waals surface area contributed by atoms with Crippen molar-refractivity contribution in [1.82, 2.24) is 4.98 Å². The van der Waals surface area contributed by atoms with E-state index in [0.29, 0.717) is 6.07 Å². The number of rotatable bonds is 2. The SMILES string of the molecule is CCOC(=O)c1oc2nccc(C(F)(F)F)c2c1O. The maximum absolute atomic E-state index is 12.8. The van der Waals surface area contributed by atoms with Gasteiger partial charge < -0.3 is 14.3 Å². The number of hydrogen-bond acceptors (Lipinski definition) is 5. The number of hydrogen-bond donors (Lipinski definition) is 1. The molecule has 0 amide bonds. The fourth-order valence-electron chi connectivity index (χ4n) is 1.58. The molecule has 0 aliphatic heterocycles. The minimum absolute atomic E-state index is 0.00508. The fraction of sp³-hybridized carbons (Fsp3) is 0.273. The van der Waals surface area contributed by atoms with E-state index >= 15 is 0 Å². The number of aromatic hydroxyl groups is 1. The van der Waals surface area contributed by atoms with Crippen LogP contribution in [0.4, 0.5) is 13.2 Å². The normalized spacial score (nSPS) is 11.8. The first-order valence-corrected chi connectivity index (χ1v) is 5.21. The van der Waals surface area contributed by atoms with E-state index in [1.165, 1.54) is 6.92 Å². The van der Waals surface area contributed by atoms with Crippen LogP contribution in [0.1, 0.15) is 23.0 Å². The maximum atomic E-state index is 12.8. The van der Waals surface area contributed by atoms with Crippen molar-refractivity contribution in [3.05, 3.63) is 23.6 Å². The van der Waals surface area contributed by atoms with Crippen molar-refractivity contribution in [2.24, 2.45) is 0 Å². The van der Waals surface area contributed by atoms with Crippen LogP contribution in [0.15, 0.2) is 16.7 Å². The average molecular weight is 275 g/mol. The van der Waals surface area contributed by atoms with Gasteiger partial charge in [-0.25, -0.2) is 9.78 Å². The van der Waals surface area contributed by atoms with Gasteiger partial charge in [0.05, 0.1) is 17.6 Å². The Morgan fingerprint density at radius 1 is 1.53 bits per heavy atom. The Kier molecular flexibility index (Phi) is 3.09. The monoisotopic (exact) mass is 275 g/mol. The van der Waals surface area contributed by atoms with Crippen molar-refractivity contribution in [3.8, 4) is 5.75 Å². The molecule has 0 aliphatic carbocycles. The number of pyridine rings is 1. The molecule has 0 fully saturated rings. The Morgan fingerprint density at radius 2 is 2.21 bits per heavy atom. The number of nitrogens with zero attached hydrogens (tertiary/aromatic N) is 1. The highest BCUT2D eigenvalue weighted by Crippen LogP contribution is 2.41. The summed E-state index contributed by atoms with van der Waals surface area (Å²) < 4.78 is 47.7. The topological polar surface area (TPSA) is 72.6 Å². The van der Waals surface area contributed by atoms with Crippen LogP contribution in [0.5, 0.6) is 5.75 Å². The Morgan fingerprint density at radius 3 is 2.79 bits per heavy atom. The molecule has 0 aliphatic rings. The second-order valence-electron chi connectivity index (χ2n) is 3.54. The van der Waals surface area contributed by atoms with Crippen LogP contribution >= 0.6 is 0 Å². The number of furan rings is 1. The summed E-state index contributed by atoms with van der Waals surface area (Å²) in [6.07, 6.45) is -3.82. The van der Waals surface area contributed by atoms with Crippen LogP contribution in [-0.2, 0) is 10.9 Å². The molecule has 0 aromatic carbocycles. The molecule has 2 heterocycles. The van der Waals surface area contributed by atoms with Crippen molar-refractivity contribution < 1.29 is 32.2 Å². The Bertz CT molecular complexity index is 633.